The van der Waals surface area contributed by atoms with Crippen LogP contribution in [-0.2, 0) is 6.54 Å². The Kier molecular flexibility index (Phi) is 9.38. The number of likely N-dealkylation sites (tertiary alicyclic amines) is 2. The van der Waals surface area contributed by atoms with Gasteiger partial charge < -0.3 is 19.9 Å². The Bertz CT molecular complexity index is 1240. The van der Waals surface area contributed by atoms with Crippen molar-refractivity contribution in [3.05, 3.63) is 66.1 Å². The second kappa shape index (κ2) is 13.3. The summed E-state index contributed by atoms with van der Waals surface area (Å²) in [6, 6.07) is 11.1. The molecule has 2 aliphatic heterocycles. The Morgan fingerprint density at radius 3 is 2.45 bits per heavy atom. The number of nitrogens with zero attached hydrogens (tertiary/aromatic N) is 4. The molecule has 0 saturated carbocycles. The molecule has 9 nitrogen and oxygen atoms in total. The fourth-order valence-corrected chi connectivity index (χ4v) is 6.33. The fraction of sp³-hybridized carbons (Fsp3) is 0.467. The second-order valence-electron chi connectivity index (χ2n) is 10.9. The van der Waals surface area contributed by atoms with Gasteiger partial charge in [-0.1, -0.05) is 37.7 Å². The number of benzene rings is 1. The summed E-state index contributed by atoms with van der Waals surface area (Å²) in [5, 5.41) is 4.21. The van der Waals surface area contributed by atoms with Gasteiger partial charge in [-0.25, -0.2) is 14.8 Å². The van der Waals surface area contributed by atoms with Gasteiger partial charge in [0, 0.05) is 48.9 Å². The molecule has 0 spiro atoms. The predicted octanol–water partition coefficient (Wildman–Crippen LogP) is 5.68. The number of rotatable bonds is 8. The number of H-pyrrole nitrogens is 1. The average molecular weight is 563 g/mol. The SMILES string of the molecule is CC1CCN(Cc2ccc(C(=O)Nc3ccc(OC(=O)N4CCC(C(C)Sc5ncc[nH]5)CC4)nc3)cc2)CC1. The molecule has 4 heterocycles. The third kappa shape index (κ3) is 7.63. The van der Waals surface area contributed by atoms with Crippen LogP contribution in [0.2, 0.25) is 0 Å². The van der Waals surface area contributed by atoms with Gasteiger partial charge in [0.25, 0.3) is 5.91 Å². The van der Waals surface area contributed by atoms with E-state index in [9.17, 15) is 9.59 Å². The Balaban J connectivity index is 1.05. The van der Waals surface area contributed by atoms with Crippen LogP contribution in [0.4, 0.5) is 10.5 Å². The van der Waals surface area contributed by atoms with E-state index in [-0.39, 0.29) is 11.8 Å². The van der Waals surface area contributed by atoms with E-state index in [2.05, 4.69) is 39.0 Å². The smallest absolute Gasteiger partial charge is 0.391 e. The average Bonchev–Trinajstić information content (AvgIpc) is 3.49. The number of carbonyl (C=O) groups excluding carboxylic acids is 2. The van der Waals surface area contributed by atoms with E-state index in [0.29, 0.717) is 35.5 Å². The largest absolute Gasteiger partial charge is 0.416 e. The summed E-state index contributed by atoms with van der Waals surface area (Å²) < 4.78 is 5.50. The molecular formula is C30H38N6O3S. The number of thioether (sulfide) groups is 1. The first-order valence-electron chi connectivity index (χ1n) is 14.1. The number of hydrogen-bond donors (Lipinski definition) is 2. The Hall–Kier alpha value is -3.37. The molecule has 2 saturated heterocycles. The van der Waals surface area contributed by atoms with E-state index in [1.54, 1.807) is 35.0 Å². The molecule has 5 rings (SSSR count). The van der Waals surface area contributed by atoms with E-state index in [0.717, 1.165) is 43.6 Å². The van der Waals surface area contributed by atoms with Crippen molar-refractivity contribution in [1.29, 1.82) is 0 Å². The van der Waals surface area contributed by atoms with Gasteiger partial charge in [-0.05, 0) is 74.4 Å². The number of hydrogen-bond acceptors (Lipinski definition) is 7. The maximum Gasteiger partial charge on any atom is 0.416 e. The molecule has 2 amide bonds. The van der Waals surface area contributed by atoms with E-state index in [4.69, 9.17) is 4.74 Å². The molecule has 0 radical (unpaired) electrons. The fourth-order valence-electron chi connectivity index (χ4n) is 5.25. The van der Waals surface area contributed by atoms with Crippen LogP contribution in [0.1, 0.15) is 55.5 Å². The zero-order valence-electron chi connectivity index (χ0n) is 23.2. The van der Waals surface area contributed by atoms with Crippen LogP contribution in [0.15, 0.2) is 60.1 Å². The van der Waals surface area contributed by atoms with Crippen LogP contribution in [0.5, 0.6) is 5.88 Å². The first-order chi connectivity index (χ1) is 19.4. The number of aromatic amines is 1. The van der Waals surface area contributed by atoms with Gasteiger partial charge >= 0.3 is 6.09 Å². The minimum Gasteiger partial charge on any atom is -0.391 e. The third-order valence-electron chi connectivity index (χ3n) is 7.92. The first kappa shape index (κ1) is 28.2. The highest BCUT2D eigenvalue weighted by Gasteiger charge is 2.28. The summed E-state index contributed by atoms with van der Waals surface area (Å²) in [5.41, 5.74) is 2.34. The Morgan fingerprint density at radius 2 is 1.80 bits per heavy atom. The molecule has 212 valence electrons. The first-order valence-corrected chi connectivity index (χ1v) is 15.0. The van der Waals surface area contributed by atoms with E-state index >= 15 is 0 Å². The number of carbonyl (C=O) groups is 2. The van der Waals surface area contributed by atoms with E-state index in [1.807, 2.05) is 30.5 Å². The lowest BCUT2D eigenvalue weighted by molar-refractivity contribution is 0.102. The van der Waals surface area contributed by atoms with Gasteiger partial charge in [-0.2, -0.15) is 0 Å². The van der Waals surface area contributed by atoms with Gasteiger partial charge in [0.1, 0.15) is 0 Å². The quantitative estimate of drug-likeness (QED) is 0.341. The molecule has 1 aromatic carbocycles. The molecule has 40 heavy (non-hydrogen) atoms. The van der Waals surface area contributed by atoms with Crippen LogP contribution in [-0.4, -0.2) is 68.2 Å². The number of imidazole rings is 1. The van der Waals surface area contributed by atoms with Crippen molar-refractivity contribution < 1.29 is 14.3 Å². The van der Waals surface area contributed by atoms with Crippen molar-refractivity contribution in [2.75, 3.05) is 31.5 Å². The van der Waals surface area contributed by atoms with Crippen molar-refractivity contribution in [2.45, 2.75) is 56.5 Å². The summed E-state index contributed by atoms with van der Waals surface area (Å²) >= 11 is 1.74. The van der Waals surface area contributed by atoms with Gasteiger partial charge in [-0.15, -0.1) is 0 Å². The minimum atomic E-state index is -0.395. The number of ether oxygens (including phenoxy) is 1. The number of anilines is 1. The number of pyridine rings is 1. The summed E-state index contributed by atoms with van der Waals surface area (Å²) in [7, 11) is 0. The maximum absolute atomic E-state index is 12.7. The van der Waals surface area contributed by atoms with Crippen molar-refractivity contribution in [1.82, 2.24) is 24.8 Å². The molecule has 0 bridgehead atoms. The van der Waals surface area contributed by atoms with E-state index in [1.165, 1.54) is 24.6 Å². The van der Waals surface area contributed by atoms with E-state index < -0.39 is 6.09 Å². The predicted molar refractivity (Wildman–Crippen MR) is 157 cm³/mol. The molecule has 0 aliphatic carbocycles. The molecule has 10 heteroatoms. The lowest BCUT2D eigenvalue weighted by Gasteiger charge is -2.33. The summed E-state index contributed by atoms with van der Waals surface area (Å²) in [4.78, 5) is 41.3. The molecule has 2 fully saturated rings. The third-order valence-corrected chi connectivity index (χ3v) is 9.12. The van der Waals surface area contributed by atoms with Crippen molar-refractivity contribution in [3.63, 3.8) is 0 Å². The lowest BCUT2D eigenvalue weighted by Crippen LogP contribution is -2.41. The highest BCUT2D eigenvalue weighted by Crippen LogP contribution is 2.32. The normalized spacial score (nSPS) is 17.9. The lowest BCUT2D eigenvalue weighted by atomic mass is 9.94. The second-order valence-corrected chi connectivity index (χ2v) is 12.3. The van der Waals surface area contributed by atoms with Crippen molar-refractivity contribution >= 4 is 29.4 Å². The molecule has 1 atom stereocenters. The molecule has 3 aromatic rings. The summed E-state index contributed by atoms with van der Waals surface area (Å²) in [5.74, 6) is 1.33. The van der Waals surface area contributed by atoms with Crippen molar-refractivity contribution in [3.8, 4) is 5.88 Å². The summed E-state index contributed by atoms with van der Waals surface area (Å²) in [6.07, 6.45) is 9.03. The molecular weight excluding hydrogens is 524 g/mol. The topological polar surface area (TPSA) is 103 Å². The van der Waals surface area contributed by atoms with Crippen LogP contribution in [0.3, 0.4) is 0 Å². The Labute approximate surface area is 240 Å². The van der Waals surface area contributed by atoms with Crippen molar-refractivity contribution in [2.24, 2.45) is 11.8 Å². The van der Waals surface area contributed by atoms with Crippen LogP contribution in [0.25, 0.3) is 0 Å². The van der Waals surface area contributed by atoms with Crippen LogP contribution >= 0.6 is 11.8 Å². The number of aromatic nitrogens is 3. The molecule has 2 aliphatic rings. The van der Waals surface area contributed by atoms with Gasteiger partial charge in [-0.3, -0.25) is 9.69 Å². The highest BCUT2D eigenvalue weighted by molar-refractivity contribution is 7.99. The molecule has 2 aromatic heterocycles. The van der Waals surface area contributed by atoms with Gasteiger partial charge in [0.05, 0.1) is 11.9 Å². The molecule has 2 N–H and O–H groups in total. The summed E-state index contributed by atoms with van der Waals surface area (Å²) in [6.45, 7) is 9.00. The minimum absolute atomic E-state index is 0.202. The maximum atomic E-state index is 12.7. The zero-order valence-corrected chi connectivity index (χ0v) is 24.0. The molecule has 1 unspecified atom stereocenters. The monoisotopic (exact) mass is 562 g/mol. The van der Waals surface area contributed by atoms with Crippen LogP contribution < -0.4 is 10.1 Å². The number of amides is 2. The van der Waals surface area contributed by atoms with Crippen LogP contribution in [0, 0.1) is 11.8 Å². The number of piperidine rings is 2. The zero-order chi connectivity index (χ0) is 27.9. The standard InChI is InChI=1S/C30H38N6O3S/c1-21-9-15-35(16-10-21)20-23-3-5-25(6-4-23)28(37)34-26-7-8-27(33-19-26)39-30(38)36-17-11-24(12-18-36)22(2)40-29-31-13-14-32-29/h3-8,13-14,19,21-22,24H,9-12,15-18,20H2,1-2H3,(H,31,32)(H,34,37). The highest BCUT2D eigenvalue weighted by atomic mass is 32.2. The van der Waals surface area contributed by atoms with Gasteiger partial charge in [0.15, 0.2) is 5.16 Å². The van der Waals surface area contributed by atoms with Gasteiger partial charge in [0.2, 0.25) is 5.88 Å². The Morgan fingerprint density at radius 1 is 1.05 bits per heavy atom. The number of nitrogens with one attached hydrogen (secondary N) is 2.